The van der Waals surface area contributed by atoms with Crippen LogP contribution in [0.1, 0.15) is 34.6 Å². The molecule has 0 aliphatic carbocycles. The minimum atomic E-state index is -2.53. The van der Waals surface area contributed by atoms with Crippen molar-refractivity contribution < 1.29 is 202 Å². The average molecular weight is 1520 g/mol. The van der Waals surface area contributed by atoms with Gasteiger partial charge in [-0.2, -0.15) is 0 Å². The molecule has 104 heavy (non-hydrogen) atoms. The van der Waals surface area contributed by atoms with Gasteiger partial charge in [-0.3, -0.25) is 24.0 Å². The molecule has 0 spiro atoms. The topological polar surface area (TPSA) is 709 Å². The molecular formula is C58H97N5O41. The van der Waals surface area contributed by atoms with E-state index in [9.17, 15) is 131 Å². The van der Waals surface area contributed by atoms with Crippen molar-refractivity contribution in [1.82, 2.24) is 26.6 Å². The molecule has 3 unspecified atom stereocenters. The lowest BCUT2D eigenvalue weighted by Crippen LogP contribution is -2.70. The maximum Gasteiger partial charge on any atom is 0.217 e. The number of aliphatic hydroxyl groups excluding tert-OH is 21. The summed E-state index contributed by atoms with van der Waals surface area (Å²) in [5, 5.41) is 246. The zero-order chi connectivity index (χ0) is 76.8. The lowest BCUT2D eigenvalue weighted by molar-refractivity contribution is -0.396. The van der Waals surface area contributed by atoms with Crippen molar-refractivity contribution in [3.05, 3.63) is 0 Å². The fourth-order valence-corrected chi connectivity index (χ4v) is 13.3. The molecule has 0 aromatic rings. The fraction of sp³-hybridized carbons (Fsp3) is 0.914. The van der Waals surface area contributed by atoms with Crippen LogP contribution in [0.4, 0.5) is 0 Å². The van der Waals surface area contributed by atoms with Gasteiger partial charge in [-0.25, -0.2) is 0 Å². The van der Waals surface area contributed by atoms with Crippen molar-refractivity contribution in [3.63, 3.8) is 0 Å². The van der Waals surface area contributed by atoms with Crippen molar-refractivity contribution in [2.45, 2.75) is 280 Å². The van der Waals surface area contributed by atoms with Gasteiger partial charge in [0.25, 0.3) is 0 Å². The minimum Gasteiger partial charge on any atom is -0.394 e. The van der Waals surface area contributed by atoms with E-state index in [1.165, 1.54) is 0 Å². The Morgan fingerprint density at radius 3 is 0.942 bits per heavy atom. The van der Waals surface area contributed by atoms with Crippen molar-refractivity contribution in [2.75, 3.05) is 52.9 Å². The molecule has 5 amide bonds. The molecule has 0 aromatic carbocycles. The van der Waals surface area contributed by atoms with Crippen LogP contribution in [-0.2, 0) is 95.0 Å². The molecule has 8 saturated heterocycles. The highest BCUT2D eigenvalue weighted by Crippen LogP contribution is 2.39. The van der Waals surface area contributed by atoms with Crippen LogP contribution in [-0.4, -0.2) is 435 Å². The van der Waals surface area contributed by atoms with Gasteiger partial charge in [0.2, 0.25) is 29.5 Å². The van der Waals surface area contributed by atoms with Crippen LogP contribution in [0.15, 0.2) is 0 Å². The second kappa shape index (κ2) is 37.5. The molecule has 0 aromatic heterocycles. The Hall–Kier alpha value is -4.09. The van der Waals surface area contributed by atoms with E-state index >= 15 is 0 Å². The van der Waals surface area contributed by atoms with Crippen LogP contribution in [0.3, 0.4) is 0 Å². The Balaban J connectivity index is 1.18. The van der Waals surface area contributed by atoms with Gasteiger partial charge in [0.1, 0.15) is 195 Å². The maximum atomic E-state index is 13.0. The molecule has 8 fully saturated rings. The van der Waals surface area contributed by atoms with E-state index in [1.807, 2.05) is 0 Å². The molecule has 0 radical (unpaired) electrons. The van der Waals surface area contributed by atoms with E-state index in [0.717, 1.165) is 34.6 Å². The molecule has 8 aliphatic heterocycles. The number of hydrogen-bond donors (Lipinski definition) is 26. The number of amides is 5. The number of hydrogen-bond acceptors (Lipinski definition) is 41. The van der Waals surface area contributed by atoms with Crippen LogP contribution in [0.2, 0.25) is 0 Å². The first-order valence-electron chi connectivity index (χ1n) is 33.1. The summed E-state index contributed by atoms with van der Waals surface area (Å²) >= 11 is 0. The third-order valence-electron chi connectivity index (χ3n) is 18.6. The molecule has 600 valence electrons. The minimum absolute atomic E-state index is 0.775. The summed E-state index contributed by atoms with van der Waals surface area (Å²) in [6, 6.07) is -8.69. The van der Waals surface area contributed by atoms with Crippen LogP contribution >= 0.6 is 0 Å². The molecule has 46 heteroatoms. The van der Waals surface area contributed by atoms with Crippen molar-refractivity contribution >= 4 is 29.5 Å². The standard InChI is InChI=1S/C58H97N5O41/c1-14(70)59-27-41(84)46(23(10-68)92-51(27)89)100-55-31(63-18(5)74)42(85)47(24(11-69)97-55)101-56-45(88)48(102-58-50(43(86)35(78)22(9-67)96-58)104-54-30(62-17(4)73)40(83)34(77)21(8-66)95-54)37(80)26(98-56)13-91-57-49(103-53-29(61-16(3)72)39(82)33(76)20(7-65)94-53)44(87)36(79)25(99-57)12-90-52-28(60-15(2)71)38(81)32(75)19(6-64)93-52/h19-58,64-69,75-89H,6-13H2,1-5H3,(H,59,70)(H,60,71)(H,61,72)(H,62,73)(H,63,74)/t19-,20-,21-,22-,23-,24-,25-,26-,27-,28-,29-,30-,31-,32-,33-,34-,35-,36-,37-,38-,39-,40-,41-,42-,43+,44+,45+,46-,47-,48+,49+,50+,51-,52?,53?,54?,55+,56+,57+,58-/m1/s1. The normalized spacial score (nSPS) is 47.2. The maximum absolute atomic E-state index is 13.0. The quantitative estimate of drug-likeness (QED) is 0.0363. The summed E-state index contributed by atoms with van der Waals surface area (Å²) in [4.78, 5) is 62.4. The number of ether oxygens (including phenoxy) is 15. The van der Waals surface area contributed by atoms with Crippen LogP contribution < -0.4 is 26.6 Å². The highest BCUT2D eigenvalue weighted by molar-refractivity contribution is 5.75. The van der Waals surface area contributed by atoms with E-state index in [-0.39, 0.29) is 0 Å². The predicted molar refractivity (Wildman–Crippen MR) is 322 cm³/mol. The average Bonchev–Trinajstić information content (AvgIpc) is 0.770. The van der Waals surface area contributed by atoms with Crippen molar-refractivity contribution in [1.29, 1.82) is 0 Å². The molecule has 8 rings (SSSR count). The second-order valence-electron chi connectivity index (χ2n) is 26.1. The number of nitrogens with one attached hydrogen (secondary N) is 5. The summed E-state index contributed by atoms with van der Waals surface area (Å²) in [7, 11) is 0. The number of carbonyl (C=O) groups is 5. The first-order valence-corrected chi connectivity index (χ1v) is 33.1. The van der Waals surface area contributed by atoms with Gasteiger partial charge in [0, 0.05) is 34.6 Å². The van der Waals surface area contributed by atoms with Gasteiger partial charge in [-0.15, -0.1) is 0 Å². The van der Waals surface area contributed by atoms with Gasteiger partial charge >= 0.3 is 0 Å². The SMILES string of the molecule is CC(=O)N[C@@H]1[C@@H](O)[C@H](O[C@@H]2O[C@H](CO)[C@@H](O[C@@H]3O[C@H](CO[C@H]4O[C@H](COC5O[C@H](CO)[C@@H](O)[C@H](O)[C@H]5NC(C)=O)[C@@H](O)[C@H](O)[C@@H]4OC4O[C@H](CO)[C@@H](O)[C@H](O)[C@H]4NC(C)=O)[C@@H](O)[C@H](O[C@H]4O[C@H](CO)[C@@H](O)[C@H](O)[C@@H]4OC4O[C@H](CO)[C@@H](O)[C@H](O)[C@H]4NC(C)=O)[C@@H]3O)[C@H](O)[C@H]2NC(C)=O)[C@@H](CO)O[C@H]1O. The van der Waals surface area contributed by atoms with Gasteiger partial charge in [-0.05, 0) is 0 Å². The van der Waals surface area contributed by atoms with Gasteiger partial charge < -0.3 is 205 Å². The molecule has 40 atom stereocenters. The Kier molecular flexibility index (Phi) is 30.9. The molecular weight excluding hydrogens is 1420 g/mol. The summed E-state index contributed by atoms with van der Waals surface area (Å²) in [5.74, 6) is -4.21. The van der Waals surface area contributed by atoms with Crippen LogP contribution in [0.25, 0.3) is 0 Å². The number of rotatable bonds is 27. The summed E-state index contributed by atoms with van der Waals surface area (Å²) in [6.07, 6.45) is -71.6. The highest BCUT2D eigenvalue weighted by atomic mass is 16.8. The molecule has 8 heterocycles. The van der Waals surface area contributed by atoms with Gasteiger partial charge in [0.05, 0.1) is 52.9 Å². The summed E-state index contributed by atoms with van der Waals surface area (Å²) in [5.41, 5.74) is 0. The van der Waals surface area contributed by atoms with Gasteiger partial charge in [-0.1, -0.05) is 0 Å². The summed E-state index contributed by atoms with van der Waals surface area (Å²) in [6.45, 7) is -3.40. The molecule has 0 bridgehead atoms. The highest BCUT2D eigenvalue weighted by Gasteiger charge is 2.60. The molecule has 0 saturated carbocycles. The van der Waals surface area contributed by atoms with Crippen molar-refractivity contribution in [3.8, 4) is 0 Å². The Labute approximate surface area is 589 Å². The van der Waals surface area contributed by atoms with E-state index in [0.29, 0.717) is 0 Å². The first-order chi connectivity index (χ1) is 49.1. The smallest absolute Gasteiger partial charge is 0.217 e. The van der Waals surface area contributed by atoms with Crippen LogP contribution in [0, 0.1) is 0 Å². The first kappa shape index (κ1) is 85.5. The fourth-order valence-electron chi connectivity index (χ4n) is 13.3. The molecule has 8 aliphatic rings. The predicted octanol–water partition coefficient (Wildman–Crippen LogP) is -17.7. The third-order valence-corrected chi connectivity index (χ3v) is 18.6. The number of aliphatic hydroxyl groups is 21. The van der Waals surface area contributed by atoms with E-state index in [2.05, 4.69) is 26.6 Å². The molecule has 46 nitrogen and oxygen atoms in total. The molecule has 26 N–H and O–H groups in total. The zero-order valence-corrected chi connectivity index (χ0v) is 56.3. The third kappa shape index (κ3) is 19.4. The van der Waals surface area contributed by atoms with Crippen LogP contribution in [0.5, 0.6) is 0 Å². The Bertz CT molecular complexity index is 2770. The largest absolute Gasteiger partial charge is 0.394 e. The van der Waals surface area contributed by atoms with Crippen molar-refractivity contribution in [2.24, 2.45) is 0 Å². The van der Waals surface area contributed by atoms with E-state index < -0.39 is 328 Å². The van der Waals surface area contributed by atoms with Gasteiger partial charge in [0.15, 0.2) is 50.3 Å². The second-order valence-corrected chi connectivity index (χ2v) is 26.1. The van der Waals surface area contributed by atoms with E-state index in [4.69, 9.17) is 71.1 Å². The Morgan fingerprint density at radius 1 is 0.250 bits per heavy atom. The lowest BCUT2D eigenvalue weighted by Gasteiger charge is -2.51. The zero-order valence-electron chi connectivity index (χ0n) is 56.3. The lowest BCUT2D eigenvalue weighted by atomic mass is 9.93. The van der Waals surface area contributed by atoms with E-state index in [1.54, 1.807) is 0 Å². The summed E-state index contributed by atoms with van der Waals surface area (Å²) < 4.78 is 89.4. The monoisotopic (exact) mass is 1520 g/mol. The number of carbonyl (C=O) groups excluding carboxylic acids is 5. The Morgan fingerprint density at radius 2 is 0.519 bits per heavy atom.